The van der Waals surface area contributed by atoms with Gasteiger partial charge in [0.05, 0.1) is 5.69 Å². The average Bonchev–Trinajstić information content (AvgIpc) is 3.10. The first-order chi connectivity index (χ1) is 15.2. The summed E-state index contributed by atoms with van der Waals surface area (Å²) < 4.78 is 46.7. The maximum atomic E-state index is 8.79. The van der Waals surface area contributed by atoms with E-state index in [9.17, 15) is 0 Å². The Morgan fingerprint density at radius 3 is 2.57 bits per heavy atom. The van der Waals surface area contributed by atoms with E-state index in [0.29, 0.717) is 22.2 Å². The molecule has 0 bridgehead atoms. The van der Waals surface area contributed by atoms with Crippen molar-refractivity contribution in [1.29, 1.82) is 0 Å². The number of fused-ring (bicyclic) bond motifs is 3. The zero-order valence-corrected chi connectivity index (χ0v) is 16.9. The van der Waals surface area contributed by atoms with Gasteiger partial charge in [-0.25, -0.2) is 4.98 Å². The first-order valence-corrected chi connectivity index (χ1v) is 9.55. The fourth-order valence-electron chi connectivity index (χ4n) is 3.54. The van der Waals surface area contributed by atoms with Crippen molar-refractivity contribution in [3.8, 4) is 11.3 Å². The highest BCUT2D eigenvalue weighted by molar-refractivity contribution is 6.10. The van der Waals surface area contributed by atoms with Crippen molar-refractivity contribution in [2.45, 2.75) is 53.3 Å². The largest absolute Gasteiger partial charge is 0.437 e. The molecule has 28 heavy (non-hydrogen) atoms. The van der Waals surface area contributed by atoms with Gasteiger partial charge in [-0.05, 0) is 66.0 Å². The standard InChI is InChI=1S/C25H28N2O/c1-14(2)17(6)18-11-12-26-22(13-18)20-10-9-19(15(3)4)23-21-8-7-16(5)27-25(21)28-24(20)23/h7-15,17H,1-6H3/i5D3,15D,17D. The number of aromatic nitrogens is 2. The fraction of sp³-hybridized carbons (Fsp3) is 0.360. The molecule has 0 spiro atoms. The molecule has 3 heteroatoms. The van der Waals surface area contributed by atoms with E-state index in [1.165, 1.54) is 6.07 Å². The van der Waals surface area contributed by atoms with Gasteiger partial charge < -0.3 is 4.42 Å². The number of nitrogens with zero attached hydrogens (tertiary/aromatic N) is 2. The smallest absolute Gasteiger partial charge is 0.227 e. The van der Waals surface area contributed by atoms with Crippen LogP contribution in [0.4, 0.5) is 0 Å². The Labute approximate surface area is 173 Å². The van der Waals surface area contributed by atoms with E-state index in [-0.39, 0.29) is 17.3 Å². The maximum absolute atomic E-state index is 8.79. The lowest BCUT2D eigenvalue weighted by Gasteiger charge is -2.17. The third-order valence-corrected chi connectivity index (χ3v) is 5.38. The maximum Gasteiger partial charge on any atom is 0.227 e. The number of pyridine rings is 2. The SMILES string of the molecule is [2H]C([2H])([2H])c1ccc2c(n1)oc1c(-c3cc(C([2H])(C)C(C)C)ccn3)ccc(C([2H])(C)C)c12. The first kappa shape index (κ1) is 13.5. The van der Waals surface area contributed by atoms with Gasteiger partial charge in [-0.1, -0.05) is 40.7 Å². The highest BCUT2D eigenvalue weighted by Crippen LogP contribution is 2.39. The van der Waals surface area contributed by atoms with Crippen LogP contribution in [0.1, 0.15) is 70.1 Å². The quantitative estimate of drug-likeness (QED) is 0.376. The average molecular weight is 378 g/mol. The highest BCUT2D eigenvalue weighted by Gasteiger charge is 2.20. The van der Waals surface area contributed by atoms with E-state index < -0.39 is 18.6 Å². The van der Waals surface area contributed by atoms with Crippen molar-refractivity contribution >= 4 is 22.1 Å². The van der Waals surface area contributed by atoms with Gasteiger partial charge in [0.2, 0.25) is 5.71 Å². The Morgan fingerprint density at radius 2 is 1.86 bits per heavy atom. The molecule has 0 saturated carbocycles. The molecule has 0 radical (unpaired) electrons. The lowest BCUT2D eigenvalue weighted by molar-refractivity contribution is 0.535. The van der Waals surface area contributed by atoms with Crippen molar-refractivity contribution in [2.24, 2.45) is 5.92 Å². The number of hydrogen-bond donors (Lipinski definition) is 0. The molecule has 3 aromatic heterocycles. The van der Waals surface area contributed by atoms with Gasteiger partial charge in [0.25, 0.3) is 0 Å². The first-order valence-electron chi connectivity index (χ1n) is 12.1. The molecule has 4 aromatic rings. The molecule has 4 rings (SSSR count). The predicted molar refractivity (Wildman–Crippen MR) is 117 cm³/mol. The van der Waals surface area contributed by atoms with Crippen LogP contribution in [0.5, 0.6) is 0 Å². The third-order valence-electron chi connectivity index (χ3n) is 5.38. The van der Waals surface area contributed by atoms with Crippen LogP contribution in [-0.4, -0.2) is 9.97 Å². The number of rotatable bonds is 4. The molecule has 3 heterocycles. The van der Waals surface area contributed by atoms with Crippen LogP contribution in [0.25, 0.3) is 33.3 Å². The van der Waals surface area contributed by atoms with Crippen LogP contribution in [0.2, 0.25) is 0 Å². The molecule has 0 N–H and O–H groups in total. The van der Waals surface area contributed by atoms with Gasteiger partial charge in [-0.3, -0.25) is 4.98 Å². The Bertz CT molecular complexity index is 1350. The van der Waals surface area contributed by atoms with Crippen LogP contribution >= 0.6 is 0 Å². The van der Waals surface area contributed by atoms with Gasteiger partial charge in [0.15, 0.2) is 0 Å². The van der Waals surface area contributed by atoms with Crippen molar-refractivity contribution in [1.82, 2.24) is 9.97 Å². The molecule has 0 fully saturated rings. The number of hydrogen-bond acceptors (Lipinski definition) is 3. The van der Waals surface area contributed by atoms with E-state index in [2.05, 4.69) is 9.97 Å². The Kier molecular flexibility index (Phi) is 3.40. The van der Waals surface area contributed by atoms with E-state index in [1.54, 1.807) is 26.1 Å². The number of aryl methyl sites for hydroxylation is 1. The molecule has 0 amide bonds. The molecule has 0 saturated heterocycles. The van der Waals surface area contributed by atoms with Gasteiger partial charge in [0.1, 0.15) is 5.58 Å². The van der Waals surface area contributed by atoms with E-state index in [0.717, 1.165) is 16.5 Å². The normalized spacial score (nSPS) is 17.7. The zero-order chi connectivity index (χ0) is 24.3. The number of furan rings is 1. The molecule has 1 atom stereocenters. The summed E-state index contributed by atoms with van der Waals surface area (Å²) in [4.78, 5) is 8.83. The fourth-order valence-corrected chi connectivity index (χ4v) is 3.54. The molecule has 0 aliphatic carbocycles. The summed E-state index contributed by atoms with van der Waals surface area (Å²) in [5.74, 6) is -1.60. The minimum Gasteiger partial charge on any atom is -0.437 e. The Hall–Kier alpha value is -2.68. The van der Waals surface area contributed by atoms with Crippen molar-refractivity contribution in [3.05, 3.63) is 59.4 Å². The second kappa shape index (κ2) is 7.05. The lowest BCUT2D eigenvalue weighted by Crippen LogP contribution is -2.02. The molecule has 0 aliphatic heterocycles. The van der Waals surface area contributed by atoms with Gasteiger partial charge in [-0.15, -0.1) is 0 Å². The summed E-state index contributed by atoms with van der Waals surface area (Å²) in [6.45, 7) is 7.18. The van der Waals surface area contributed by atoms with Crippen LogP contribution in [0.15, 0.2) is 47.0 Å². The van der Waals surface area contributed by atoms with Crippen molar-refractivity contribution < 1.29 is 11.3 Å². The molecular weight excluding hydrogens is 344 g/mol. The molecule has 144 valence electrons. The predicted octanol–water partition coefficient (Wildman–Crippen LogP) is 7.23. The Balaban J connectivity index is 2.03. The molecule has 1 aromatic carbocycles. The number of benzene rings is 1. The van der Waals surface area contributed by atoms with Crippen molar-refractivity contribution in [3.63, 3.8) is 0 Å². The monoisotopic (exact) mass is 377 g/mol. The minimum absolute atomic E-state index is 0.0377. The highest BCUT2D eigenvalue weighted by atomic mass is 16.3. The second-order valence-electron chi connectivity index (χ2n) is 7.78. The van der Waals surface area contributed by atoms with Crippen LogP contribution in [0.3, 0.4) is 0 Å². The summed E-state index contributed by atoms with van der Waals surface area (Å²) in [5, 5.41) is 1.40. The van der Waals surface area contributed by atoms with Crippen molar-refractivity contribution in [2.75, 3.05) is 0 Å². The van der Waals surface area contributed by atoms with Crippen LogP contribution < -0.4 is 0 Å². The third kappa shape index (κ3) is 3.09. The minimum atomic E-state index is -2.35. The summed E-state index contributed by atoms with van der Waals surface area (Å²) in [6.07, 6.45) is 1.70. The van der Waals surface area contributed by atoms with E-state index >= 15 is 0 Å². The summed E-state index contributed by atoms with van der Waals surface area (Å²) in [5.41, 5.74) is 3.67. The van der Waals surface area contributed by atoms with Gasteiger partial charge in [0, 0.05) is 35.1 Å². The van der Waals surface area contributed by atoms with E-state index in [4.69, 9.17) is 11.3 Å². The molecule has 1 unspecified atom stereocenters. The van der Waals surface area contributed by atoms with Crippen LogP contribution in [0, 0.1) is 12.8 Å². The zero-order valence-electron chi connectivity index (χ0n) is 21.9. The molecule has 0 aliphatic rings. The summed E-state index contributed by atoms with van der Waals surface area (Å²) in [6, 6.07) is 10.7. The summed E-state index contributed by atoms with van der Waals surface area (Å²) >= 11 is 0. The van der Waals surface area contributed by atoms with E-state index in [1.807, 2.05) is 45.0 Å². The summed E-state index contributed by atoms with van der Waals surface area (Å²) in [7, 11) is 0. The Morgan fingerprint density at radius 1 is 1.04 bits per heavy atom. The lowest BCUT2D eigenvalue weighted by atomic mass is 9.89. The molecular formula is C25H28N2O. The topological polar surface area (TPSA) is 38.9 Å². The molecule has 3 nitrogen and oxygen atoms in total. The van der Waals surface area contributed by atoms with Gasteiger partial charge >= 0.3 is 0 Å². The van der Waals surface area contributed by atoms with Crippen LogP contribution in [-0.2, 0) is 0 Å². The van der Waals surface area contributed by atoms with Gasteiger partial charge in [-0.2, -0.15) is 0 Å². The second-order valence-corrected chi connectivity index (χ2v) is 7.78.